The van der Waals surface area contributed by atoms with E-state index in [-0.39, 0.29) is 22.8 Å². The Morgan fingerprint density at radius 3 is 2.80 bits per heavy atom. The van der Waals surface area contributed by atoms with Gasteiger partial charge in [-0.05, 0) is 47.1 Å². The van der Waals surface area contributed by atoms with Crippen LogP contribution in [0.1, 0.15) is 23.0 Å². The first-order valence-corrected chi connectivity index (χ1v) is 6.78. The number of hydrogen-bond acceptors (Lipinski definition) is 4. The zero-order valence-corrected chi connectivity index (χ0v) is 12.3. The fourth-order valence-electron chi connectivity index (χ4n) is 1.66. The highest BCUT2D eigenvalue weighted by atomic mass is 79.9. The van der Waals surface area contributed by atoms with Crippen molar-refractivity contribution in [2.75, 3.05) is 0 Å². The number of nitrogens with zero attached hydrogens (tertiary/aromatic N) is 2. The Kier molecular flexibility index (Phi) is 4.24. The largest absolute Gasteiger partial charge is 0.508 e. The van der Waals surface area contributed by atoms with Crippen molar-refractivity contribution in [2.45, 2.75) is 13.5 Å². The summed E-state index contributed by atoms with van der Waals surface area (Å²) < 4.78 is 2.53. The number of allylic oxidation sites excluding steroid dienone is 1. The lowest BCUT2D eigenvalue weighted by molar-refractivity contribution is 0.104. The van der Waals surface area contributed by atoms with Gasteiger partial charge in [0.1, 0.15) is 11.5 Å². The van der Waals surface area contributed by atoms with Crippen LogP contribution in [0.5, 0.6) is 11.5 Å². The van der Waals surface area contributed by atoms with Crippen molar-refractivity contribution < 1.29 is 15.0 Å². The quantitative estimate of drug-likeness (QED) is 0.664. The second-order valence-corrected chi connectivity index (χ2v) is 4.97. The van der Waals surface area contributed by atoms with Crippen molar-refractivity contribution in [1.29, 1.82) is 0 Å². The molecule has 20 heavy (non-hydrogen) atoms. The zero-order valence-electron chi connectivity index (χ0n) is 10.7. The lowest BCUT2D eigenvalue weighted by Crippen LogP contribution is -1.95. The number of benzene rings is 1. The Balaban J connectivity index is 2.22. The van der Waals surface area contributed by atoms with Crippen molar-refractivity contribution in [3.05, 3.63) is 46.2 Å². The highest BCUT2D eigenvalue weighted by Crippen LogP contribution is 2.24. The third-order valence-corrected chi connectivity index (χ3v) is 3.32. The molecule has 0 saturated heterocycles. The number of phenolic OH excluding ortho intramolecular Hbond substituents is 2. The molecule has 0 radical (unpaired) electrons. The van der Waals surface area contributed by atoms with Crippen LogP contribution in [-0.4, -0.2) is 25.8 Å². The summed E-state index contributed by atoms with van der Waals surface area (Å²) in [5, 5.41) is 23.1. The van der Waals surface area contributed by atoms with E-state index < -0.39 is 0 Å². The SMILES string of the molecule is CCn1cc(Br)c(/C=C/C(=O)c2ccc(O)cc2O)n1. The molecule has 0 aliphatic carbocycles. The van der Waals surface area contributed by atoms with Crippen LogP contribution in [0.25, 0.3) is 6.08 Å². The van der Waals surface area contributed by atoms with Crippen LogP contribution in [-0.2, 0) is 6.54 Å². The Morgan fingerprint density at radius 2 is 2.20 bits per heavy atom. The van der Waals surface area contributed by atoms with Gasteiger partial charge in [0, 0.05) is 18.8 Å². The maximum Gasteiger partial charge on any atom is 0.189 e. The van der Waals surface area contributed by atoms with Gasteiger partial charge in [0.15, 0.2) is 5.78 Å². The number of hydrogen-bond donors (Lipinski definition) is 2. The minimum absolute atomic E-state index is 0.0903. The minimum Gasteiger partial charge on any atom is -0.508 e. The first-order chi connectivity index (χ1) is 9.51. The first-order valence-electron chi connectivity index (χ1n) is 5.98. The van der Waals surface area contributed by atoms with Crippen LogP contribution in [0, 0.1) is 0 Å². The molecule has 2 rings (SSSR count). The van der Waals surface area contributed by atoms with E-state index in [9.17, 15) is 15.0 Å². The number of aromatic hydroxyl groups is 2. The monoisotopic (exact) mass is 336 g/mol. The molecule has 1 heterocycles. The molecule has 0 aliphatic rings. The van der Waals surface area contributed by atoms with E-state index in [4.69, 9.17) is 0 Å². The average molecular weight is 337 g/mol. The van der Waals surface area contributed by atoms with E-state index in [0.717, 1.165) is 17.1 Å². The number of carbonyl (C=O) groups is 1. The van der Waals surface area contributed by atoms with Gasteiger partial charge in [-0.1, -0.05) is 0 Å². The minimum atomic E-state index is -0.361. The number of aromatic nitrogens is 2. The number of phenols is 2. The first kappa shape index (κ1) is 14.3. The predicted octanol–water partition coefficient (Wildman–Crippen LogP) is 2.97. The maximum absolute atomic E-state index is 12.0. The lowest BCUT2D eigenvalue weighted by atomic mass is 10.1. The molecule has 2 N–H and O–H groups in total. The normalized spacial score (nSPS) is 11.1. The summed E-state index contributed by atoms with van der Waals surface area (Å²) in [6.07, 6.45) is 4.73. The van der Waals surface area contributed by atoms with E-state index in [1.165, 1.54) is 18.2 Å². The van der Waals surface area contributed by atoms with Crippen molar-refractivity contribution in [3.63, 3.8) is 0 Å². The van der Waals surface area contributed by atoms with Crippen LogP contribution in [0.15, 0.2) is 34.9 Å². The fraction of sp³-hybridized carbons (Fsp3) is 0.143. The molecule has 6 heteroatoms. The highest BCUT2D eigenvalue weighted by molar-refractivity contribution is 9.10. The van der Waals surface area contributed by atoms with Crippen molar-refractivity contribution >= 4 is 27.8 Å². The molecule has 0 bridgehead atoms. The van der Waals surface area contributed by atoms with Crippen LogP contribution >= 0.6 is 15.9 Å². The molecule has 0 aliphatic heterocycles. The summed E-state index contributed by atoms with van der Waals surface area (Å²) in [5.74, 6) is -0.703. The number of halogens is 1. The lowest BCUT2D eigenvalue weighted by Gasteiger charge is -2.00. The molecule has 0 amide bonds. The molecule has 104 valence electrons. The molecule has 5 nitrogen and oxygen atoms in total. The predicted molar refractivity (Wildman–Crippen MR) is 78.7 cm³/mol. The van der Waals surface area contributed by atoms with Gasteiger partial charge in [0.25, 0.3) is 0 Å². The molecule has 0 unspecified atom stereocenters. The third kappa shape index (κ3) is 3.08. The molecular weight excluding hydrogens is 324 g/mol. The van der Waals surface area contributed by atoms with Gasteiger partial charge in [-0.15, -0.1) is 0 Å². The van der Waals surface area contributed by atoms with E-state index in [1.807, 2.05) is 13.1 Å². The van der Waals surface area contributed by atoms with Crippen LogP contribution in [0.2, 0.25) is 0 Å². The average Bonchev–Trinajstić information content (AvgIpc) is 2.76. The number of ketones is 1. The van der Waals surface area contributed by atoms with Crippen LogP contribution < -0.4 is 0 Å². The topological polar surface area (TPSA) is 75.4 Å². The van der Waals surface area contributed by atoms with E-state index in [1.54, 1.807) is 10.8 Å². The Labute approximate surface area is 124 Å². The number of rotatable bonds is 4. The summed E-state index contributed by atoms with van der Waals surface area (Å²) in [6, 6.07) is 3.85. The summed E-state index contributed by atoms with van der Waals surface area (Å²) in [5.41, 5.74) is 0.767. The summed E-state index contributed by atoms with van der Waals surface area (Å²) in [7, 11) is 0. The standard InChI is InChI=1S/C14H13BrN2O3/c1-2-17-8-11(15)12(16-17)5-6-13(19)10-4-3-9(18)7-14(10)20/h3-8,18,20H,2H2,1H3/b6-5+. The molecule has 0 atom stereocenters. The van der Waals surface area contributed by atoms with E-state index in [2.05, 4.69) is 21.0 Å². The van der Waals surface area contributed by atoms with Gasteiger partial charge < -0.3 is 10.2 Å². The molecule has 2 aromatic rings. The van der Waals surface area contributed by atoms with E-state index >= 15 is 0 Å². The van der Waals surface area contributed by atoms with Gasteiger partial charge >= 0.3 is 0 Å². The zero-order chi connectivity index (χ0) is 14.7. The Hall–Kier alpha value is -2.08. The van der Waals surface area contributed by atoms with Gasteiger partial charge in [-0.2, -0.15) is 5.10 Å². The molecule has 0 saturated carbocycles. The van der Waals surface area contributed by atoms with Gasteiger partial charge in [-0.3, -0.25) is 9.48 Å². The maximum atomic E-state index is 12.0. The smallest absolute Gasteiger partial charge is 0.189 e. The van der Waals surface area contributed by atoms with Crippen LogP contribution in [0.4, 0.5) is 0 Å². The molecule has 1 aromatic heterocycles. The number of carbonyl (C=O) groups excluding carboxylic acids is 1. The summed E-state index contributed by atoms with van der Waals surface area (Å²) in [4.78, 5) is 12.0. The Bertz CT molecular complexity index is 677. The van der Waals surface area contributed by atoms with Gasteiger partial charge in [0.2, 0.25) is 0 Å². The highest BCUT2D eigenvalue weighted by Gasteiger charge is 2.09. The Morgan fingerprint density at radius 1 is 1.45 bits per heavy atom. The van der Waals surface area contributed by atoms with Crippen molar-refractivity contribution in [2.24, 2.45) is 0 Å². The molecule has 0 fully saturated rings. The second kappa shape index (κ2) is 5.92. The van der Waals surface area contributed by atoms with Gasteiger partial charge in [-0.25, -0.2) is 0 Å². The third-order valence-electron chi connectivity index (χ3n) is 2.71. The summed E-state index contributed by atoms with van der Waals surface area (Å²) in [6.45, 7) is 2.70. The second-order valence-electron chi connectivity index (χ2n) is 4.12. The van der Waals surface area contributed by atoms with E-state index in [0.29, 0.717) is 5.69 Å². The van der Waals surface area contributed by atoms with Crippen molar-refractivity contribution in [3.8, 4) is 11.5 Å². The molecular formula is C14H13BrN2O3. The van der Waals surface area contributed by atoms with Gasteiger partial charge in [0.05, 0.1) is 15.7 Å². The summed E-state index contributed by atoms with van der Waals surface area (Å²) >= 11 is 3.36. The number of aryl methyl sites for hydroxylation is 1. The van der Waals surface area contributed by atoms with Crippen LogP contribution in [0.3, 0.4) is 0 Å². The fourth-order valence-corrected chi connectivity index (χ4v) is 2.11. The van der Waals surface area contributed by atoms with Crippen molar-refractivity contribution in [1.82, 2.24) is 9.78 Å². The molecule has 0 spiro atoms. The molecule has 1 aromatic carbocycles.